The fraction of sp³-hybridized carbons (Fsp3) is 0.909. The number of ether oxygens (including phenoxy) is 4. The van der Waals surface area contributed by atoms with E-state index in [9.17, 15) is 4.79 Å². The molecule has 0 spiro atoms. The molecule has 0 aromatic heterocycles. The summed E-state index contributed by atoms with van der Waals surface area (Å²) in [6, 6.07) is 0. The monoisotopic (exact) mass is 268 g/mol. The summed E-state index contributed by atoms with van der Waals surface area (Å²) in [7, 11) is 1.62. The molecule has 0 rings (SSSR count). The quantitative estimate of drug-likeness (QED) is 0.395. The molecule has 0 aliphatic carbocycles. The van der Waals surface area contributed by atoms with Gasteiger partial charge in [-0.1, -0.05) is 0 Å². The van der Waals surface area contributed by atoms with Crippen molar-refractivity contribution in [1.29, 1.82) is 0 Å². The summed E-state index contributed by atoms with van der Waals surface area (Å²) in [5.74, 6) is -0.287. The molecule has 0 radical (unpaired) electrons. The van der Waals surface area contributed by atoms with Gasteiger partial charge in [0.1, 0.15) is 6.61 Å². The lowest BCUT2D eigenvalue weighted by molar-refractivity contribution is -0.142. The summed E-state index contributed by atoms with van der Waals surface area (Å²) >= 11 is 0. The van der Waals surface area contributed by atoms with E-state index in [-0.39, 0.29) is 19.2 Å². The second-order valence-corrected chi connectivity index (χ2v) is 3.00. The normalized spacial score (nSPS) is 9.56. The first-order chi connectivity index (χ1) is 8.68. The Bertz CT molecular complexity index is 161. The van der Waals surface area contributed by atoms with Crippen LogP contribution in [0.3, 0.4) is 0 Å². The first-order valence-electron chi connectivity index (χ1n) is 5.68. The molecule has 0 aromatic carbocycles. The molecule has 0 atom stereocenters. The fourth-order valence-corrected chi connectivity index (χ4v) is 0.709. The van der Waals surface area contributed by atoms with Gasteiger partial charge in [0, 0.05) is 14.0 Å². The maximum absolute atomic E-state index is 10.3. The van der Waals surface area contributed by atoms with E-state index in [0.717, 1.165) is 0 Å². The number of carbonyl (C=O) groups is 1. The summed E-state index contributed by atoms with van der Waals surface area (Å²) in [4.78, 5) is 10.3. The van der Waals surface area contributed by atoms with E-state index >= 15 is 0 Å². The SMILES string of the molecule is COCCOCCOCCOC(C)=O.OCCO. The maximum Gasteiger partial charge on any atom is 0.302 e. The van der Waals surface area contributed by atoms with Gasteiger partial charge in [-0.2, -0.15) is 0 Å². The van der Waals surface area contributed by atoms with Crippen molar-refractivity contribution in [2.75, 3.05) is 60.0 Å². The van der Waals surface area contributed by atoms with Gasteiger partial charge in [-0.25, -0.2) is 0 Å². The lowest BCUT2D eigenvalue weighted by Crippen LogP contribution is -2.12. The van der Waals surface area contributed by atoms with Crippen LogP contribution in [0.25, 0.3) is 0 Å². The minimum absolute atomic E-state index is 0.125. The topological polar surface area (TPSA) is 94.5 Å². The maximum atomic E-state index is 10.3. The minimum Gasteiger partial charge on any atom is -0.463 e. The largest absolute Gasteiger partial charge is 0.463 e. The molecule has 0 saturated heterocycles. The zero-order valence-electron chi connectivity index (χ0n) is 11.1. The predicted molar refractivity (Wildman–Crippen MR) is 64.3 cm³/mol. The first kappa shape index (κ1) is 19.6. The van der Waals surface area contributed by atoms with E-state index in [2.05, 4.69) is 4.74 Å². The number of aliphatic hydroxyl groups excluding tert-OH is 2. The molecule has 110 valence electrons. The van der Waals surface area contributed by atoms with Crippen LogP contribution >= 0.6 is 0 Å². The Morgan fingerprint density at radius 1 is 0.889 bits per heavy atom. The highest BCUT2D eigenvalue weighted by molar-refractivity contribution is 5.65. The van der Waals surface area contributed by atoms with Crippen LogP contribution in [0.5, 0.6) is 0 Å². The molecular weight excluding hydrogens is 244 g/mol. The van der Waals surface area contributed by atoms with Gasteiger partial charge in [0.15, 0.2) is 0 Å². The summed E-state index contributed by atoms with van der Waals surface area (Å²) in [6.45, 7) is 4.03. The second kappa shape index (κ2) is 18.6. The first-order valence-corrected chi connectivity index (χ1v) is 5.68. The molecule has 0 bridgehead atoms. The Labute approximate surface area is 108 Å². The summed E-state index contributed by atoms with van der Waals surface area (Å²) < 4.78 is 19.7. The highest BCUT2D eigenvalue weighted by Crippen LogP contribution is 1.81. The van der Waals surface area contributed by atoms with Crippen molar-refractivity contribution in [2.45, 2.75) is 6.92 Å². The summed E-state index contributed by atoms with van der Waals surface area (Å²) in [6.07, 6.45) is 0. The number of methoxy groups -OCH3 is 1. The van der Waals surface area contributed by atoms with Gasteiger partial charge in [-0.3, -0.25) is 4.79 Å². The van der Waals surface area contributed by atoms with Crippen LogP contribution in [0.1, 0.15) is 6.92 Å². The van der Waals surface area contributed by atoms with Crippen LogP contribution in [-0.4, -0.2) is 76.1 Å². The molecule has 18 heavy (non-hydrogen) atoms. The molecule has 0 amide bonds. The van der Waals surface area contributed by atoms with Gasteiger partial charge in [0.25, 0.3) is 0 Å². The average molecular weight is 268 g/mol. The number of carbonyl (C=O) groups excluding carboxylic acids is 1. The predicted octanol–water partition coefficient (Wildman–Crippen LogP) is -0.800. The van der Waals surface area contributed by atoms with Crippen molar-refractivity contribution in [3.63, 3.8) is 0 Å². The van der Waals surface area contributed by atoms with Crippen molar-refractivity contribution in [3.8, 4) is 0 Å². The lowest BCUT2D eigenvalue weighted by atomic mass is 10.7. The van der Waals surface area contributed by atoms with Gasteiger partial charge < -0.3 is 29.2 Å². The summed E-state index contributed by atoms with van der Waals surface area (Å²) in [5.41, 5.74) is 0. The molecule has 2 N–H and O–H groups in total. The van der Waals surface area contributed by atoms with Crippen molar-refractivity contribution in [1.82, 2.24) is 0 Å². The molecule has 0 unspecified atom stereocenters. The Kier molecular flexibility index (Phi) is 20.3. The van der Waals surface area contributed by atoms with E-state index in [1.807, 2.05) is 0 Å². The van der Waals surface area contributed by atoms with Crippen molar-refractivity contribution < 1.29 is 34.0 Å². The fourth-order valence-electron chi connectivity index (χ4n) is 0.709. The third-order valence-electron chi connectivity index (χ3n) is 1.44. The Morgan fingerprint density at radius 3 is 1.72 bits per heavy atom. The number of esters is 1. The van der Waals surface area contributed by atoms with Crippen molar-refractivity contribution in [3.05, 3.63) is 0 Å². The Morgan fingerprint density at radius 2 is 1.33 bits per heavy atom. The van der Waals surface area contributed by atoms with E-state index in [1.165, 1.54) is 6.92 Å². The van der Waals surface area contributed by atoms with E-state index in [0.29, 0.717) is 39.6 Å². The molecule has 0 saturated carbocycles. The number of hydrogen-bond acceptors (Lipinski definition) is 7. The van der Waals surface area contributed by atoms with Crippen molar-refractivity contribution >= 4 is 5.97 Å². The minimum atomic E-state index is -0.287. The van der Waals surface area contributed by atoms with Crippen LogP contribution < -0.4 is 0 Å². The molecular formula is C11H24O7. The zero-order chi connectivity index (χ0) is 14.1. The molecule has 7 heteroatoms. The number of rotatable bonds is 10. The van der Waals surface area contributed by atoms with Crippen LogP contribution in [-0.2, 0) is 23.7 Å². The van der Waals surface area contributed by atoms with Crippen LogP contribution in [0.2, 0.25) is 0 Å². The van der Waals surface area contributed by atoms with E-state index in [1.54, 1.807) is 7.11 Å². The molecule has 0 fully saturated rings. The molecule has 0 aromatic rings. The van der Waals surface area contributed by atoms with Gasteiger partial charge in [-0.15, -0.1) is 0 Å². The zero-order valence-corrected chi connectivity index (χ0v) is 11.1. The third kappa shape index (κ3) is 24.5. The molecule has 7 nitrogen and oxygen atoms in total. The highest BCUT2D eigenvalue weighted by atomic mass is 16.6. The lowest BCUT2D eigenvalue weighted by Gasteiger charge is -2.05. The van der Waals surface area contributed by atoms with Crippen molar-refractivity contribution in [2.24, 2.45) is 0 Å². The van der Waals surface area contributed by atoms with Gasteiger partial charge in [-0.05, 0) is 0 Å². The van der Waals surface area contributed by atoms with Crippen LogP contribution in [0.4, 0.5) is 0 Å². The third-order valence-corrected chi connectivity index (χ3v) is 1.44. The molecule has 0 aliphatic heterocycles. The van der Waals surface area contributed by atoms with E-state index in [4.69, 9.17) is 24.4 Å². The Hall–Kier alpha value is -0.730. The van der Waals surface area contributed by atoms with Gasteiger partial charge in [0.2, 0.25) is 0 Å². The standard InChI is InChI=1S/C9H18O5.C2H6O2/c1-9(10)14-8-7-13-6-5-12-4-3-11-2;3-1-2-4/h3-8H2,1-2H3;3-4H,1-2H2. The highest BCUT2D eigenvalue weighted by Gasteiger charge is 1.93. The van der Waals surface area contributed by atoms with E-state index < -0.39 is 0 Å². The van der Waals surface area contributed by atoms with Crippen LogP contribution in [0.15, 0.2) is 0 Å². The number of hydrogen-bond donors (Lipinski definition) is 2. The van der Waals surface area contributed by atoms with Gasteiger partial charge in [0.05, 0.1) is 46.2 Å². The van der Waals surface area contributed by atoms with Crippen LogP contribution in [0, 0.1) is 0 Å². The average Bonchev–Trinajstić information content (AvgIpc) is 2.37. The smallest absolute Gasteiger partial charge is 0.302 e. The molecule has 0 heterocycles. The Balaban J connectivity index is 0. The second-order valence-electron chi connectivity index (χ2n) is 3.00. The number of aliphatic hydroxyl groups is 2. The summed E-state index contributed by atoms with van der Waals surface area (Å²) in [5, 5.41) is 15.2. The molecule has 0 aliphatic rings. The van der Waals surface area contributed by atoms with Gasteiger partial charge >= 0.3 is 5.97 Å².